The minimum Gasteiger partial charge on any atom is -0.354 e. The van der Waals surface area contributed by atoms with E-state index in [4.69, 9.17) is 9.97 Å². The van der Waals surface area contributed by atoms with Gasteiger partial charge in [0.15, 0.2) is 5.82 Å². The van der Waals surface area contributed by atoms with Crippen molar-refractivity contribution in [3.63, 3.8) is 0 Å². The van der Waals surface area contributed by atoms with E-state index in [0.717, 1.165) is 77.4 Å². The first-order valence-electron chi connectivity index (χ1n) is 13.6. The van der Waals surface area contributed by atoms with E-state index in [1.54, 1.807) is 0 Å². The number of hydrogen-bond donors (Lipinski definition) is 2. The van der Waals surface area contributed by atoms with Crippen molar-refractivity contribution in [2.75, 3.05) is 0 Å². The van der Waals surface area contributed by atoms with Crippen LogP contribution in [-0.4, -0.2) is 19.9 Å². The summed E-state index contributed by atoms with van der Waals surface area (Å²) in [5, 5.41) is 3.90. The van der Waals surface area contributed by atoms with Crippen LogP contribution in [0.5, 0.6) is 0 Å². The van der Waals surface area contributed by atoms with Crippen LogP contribution in [0, 0.1) is 5.82 Å². The summed E-state index contributed by atoms with van der Waals surface area (Å²) in [6, 6.07) is 38.4. The number of hydrogen-bond acceptors (Lipinski definition) is 2. The molecule has 4 aromatic carbocycles. The molecule has 0 unspecified atom stereocenters. The Balaban J connectivity index is 1.54. The Kier molecular flexibility index (Phi) is 4.47. The van der Waals surface area contributed by atoms with Crippen LogP contribution >= 0.6 is 0 Å². The van der Waals surface area contributed by atoms with Gasteiger partial charge in [0.1, 0.15) is 5.69 Å². The van der Waals surface area contributed by atoms with Gasteiger partial charge in [0.2, 0.25) is 0 Å². The molecule has 3 aromatic heterocycles. The summed E-state index contributed by atoms with van der Waals surface area (Å²) in [7, 11) is 0. The first kappa shape index (κ1) is 22.3. The fraction of sp³-hybridized carbons (Fsp3) is 0. The van der Waals surface area contributed by atoms with Gasteiger partial charge in [0.05, 0.1) is 22.6 Å². The number of aromatic nitrogens is 4. The van der Waals surface area contributed by atoms with E-state index in [1.807, 2.05) is 84.9 Å². The molecule has 192 valence electrons. The number of fused-ring (bicyclic) bond motifs is 20. The average molecular weight is 529 g/mol. The average Bonchev–Trinajstić information content (AvgIpc) is 3.76. The molecule has 5 heterocycles. The van der Waals surface area contributed by atoms with Crippen LogP contribution < -0.4 is 0 Å². The lowest BCUT2D eigenvalue weighted by Gasteiger charge is -1.99. The van der Waals surface area contributed by atoms with Crippen molar-refractivity contribution in [2.24, 2.45) is 0 Å². The van der Waals surface area contributed by atoms with Crippen LogP contribution in [0.4, 0.5) is 4.39 Å². The molecule has 4 nitrogen and oxygen atoms in total. The second kappa shape index (κ2) is 8.23. The molecule has 2 aliphatic heterocycles. The first-order chi connectivity index (χ1) is 20.2. The Bertz CT molecular complexity index is 2400. The van der Waals surface area contributed by atoms with E-state index in [2.05, 4.69) is 40.3 Å². The van der Waals surface area contributed by atoms with Crippen LogP contribution in [0.25, 0.3) is 88.6 Å². The van der Waals surface area contributed by atoms with Crippen molar-refractivity contribution in [3.05, 3.63) is 121 Å². The monoisotopic (exact) mass is 528 g/mol. The molecule has 2 N–H and O–H groups in total. The minimum atomic E-state index is -0.379. The summed E-state index contributed by atoms with van der Waals surface area (Å²) in [4.78, 5) is 17.0. The van der Waals surface area contributed by atoms with Crippen molar-refractivity contribution in [3.8, 4) is 45.0 Å². The molecule has 0 spiro atoms. The molecular formula is C36H21FN4. The van der Waals surface area contributed by atoms with E-state index in [9.17, 15) is 0 Å². The SMILES string of the molecule is Fc1c2nc(cc3[nH]c(cc4nc(cc5[nH]c1c1ccccc51)-c1ccccc1-4)c1ccccc31)-c1ccccc1-2. The molecule has 41 heavy (non-hydrogen) atoms. The van der Waals surface area contributed by atoms with Crippen molar-refractivity contribution >= 4 is 43.6 Å². The largest absolute Gasteiger partial charge is 0.354 e. The summed E-state index contributed by atoms with van der Waals surface area (Å²) < 4.78 is 16.7. The molecule has 0 radical (unpaired) electrons. The van der Waals surface area contributed by atoms with E-state index in [-0.39, 0.29) is 5.82 Å². The highest BCUT2D eigenvalue weighted by Crippen LogP contribution is 2.41. The molecule has 0 amide bonds. The quantitative estimate of drug-likeness (QED) is 0.206. The van der Waals surface area contributed by atoms with Gasteiger partial charge in [-0.05, 0) is 18.2 Å². The lowest BCUT2D eigenvalue weighted by Crippen LogP contribution is -1.83. The lowest BCUT2D eigenvalue weighted by molar-refractivity contribution is 0.638. The highest BCUT2D eigenvalue weighted by molar-refractivity contribution is 6.10. The number of nitrogens with one attached hydrogen (secondary N) is 2. The third-order valence-corrected chi connectivity index (χ3v) is 8.20. The van der Waals surface area contributed by atoms with E-state index >= 15 is 4.39 Å². The molecule has 0 saturated heterocycles. The summed E-state index contributed by atoms with van der Waals surface area (Å²) >= 11 is 0. The summed E-state index contributed by atoms with van der Waals surface area (Å²) in [5.74, 6) is -0.379. The standard InChI is InChI=1S/C36H21FN4/c37-34-35-26-15-7-5-13-24(26)32(40-35)18-30-22-11-3-1-9-20(22)28(38-30)17-29-21-10-2-4-12-23(21)31(39-29)19-33-25-14-6-8-16-27(25)36(34)41-33/h1-19,38,41H. The number of halogens is 1. The molecule has 0 saturated carbocycles. The predicted molar refractivity (Wildman–Crippen MR) is 165 cm³/mol. The normalized spacial score (nSPS) is 12.0. The Morgan fingerprint density at radius 2 is 0.854 bits per heavy atom. The van der Waals surface area contributed by atoms with Crippen molar-refractivity contribution in [2.45, 2.75) is 0 Å². The predicted octanol–water partition coefficient (Wildman–Crippen LogP) is 9.43. The van der Waals surface area contributed by atoms with Gasteiger partial charge in [-0.25, -0.2) is 14.4 Å². The minimum absolute atomic E-state index is 0.333. The van der Waals surface area contributed by atoms with Gasteiger partial charge in [-0.15, -0.1) is 0 Å². The molecule has 2 aliphatic rings. The molecule has 8 bridgehead atoms. The number of rotatable bonds is 0. The van der Waals surface area contributed by atoms with E-state index in [1.165, 1.54) is 0 Å². The van der Waals surface area contributed by atoms with Crippen molar-refractivity contribution < 1.29 is 4.39 Å². The van der Waals surface area contributed by atoms with Gasteiger partial charge in [-0.2, -0.15) is 0 Å². The van der Waals surface area contributed by atoms with Gasteiger partial charge in [0, 0.05) is 60.3 Å². The Morgan fingerprint density at radius 3 is 1.44 bits per heavy atom. The Morgan fingerprint density at radius 1 is 0.439 bits per heavy atom. The second-order valence-corrected chi connectivity index (χ2v) is 10.5. The van der Waals surface area contributed by atoms with E-state index in [0.29, 0.717) is 11.2 Å². The highest BCUT2D eigenvalue weighted by atomic mass is 19.1. The topological polar surface area (TPSA) is 57.4 Å². The zero-order valence-corrected chi connectivity index (χ0v) is 21.7. The van der Waals surface area contributed by atoms with Crippen molar-refractivity contribution in [1.82, 2.24) is 19.9 Å². The summed E-state index contributed by atoms with van der Waals surface area (Å²) in [6.45, 7) is 0. The van der Waals surface area contributed by atoms with Crippen LogP contribution in [0.1, 0.15) is 0 Å². The maximum atomic E-state index is 16.7. The van der Waals surface area contributed by atoms with Crippen LogP contribution in [-0.2, 0) is 0 Å². The fourth-order valence-corrected chi connectivity index (χ4v) is 6.31. The number of nitrogens with zero attached hydrogens (tertiary/aromatic N) is 2. The summed E-state index contributed by atoms with van der Waals surface area (Å²) in [6.07, 6.45) is 0. The number of H-pyrrole nitrogens is 2. The third-order valence-electron chi connectivity index (χ3n) is 8.20. The molecule has 0 atom stereocenters. The van der Waals surface area contributed by atoms with Gasteiger partial charge in [-0.1, -0.05) is 97.1 Å². The second-order valence-electron chi connectivity index (χ2n) is 10.5. The molecule has 9 rings (SSSR count). The van der Waals surface area contributed by atoms with Gasteiger partial charge < -0.3 is 9.97 Å². The van der Waals surface area contributed by atoms with Crippen LogP contribution in [0.3, 0.4) is 0 Å². The highest BCUT2D eigenvalue weighted by Gasteiger charge is 2.22. The smallest absolute Gasteiger partial charge is 0.173 e. The first-order valence-corrected chi connectivity index (χ1v) is 13.6. The van der Waals surface area contributed by atoms with E-state index < -0.39 is 0 Å². The van der Waals surface area contributed by atoms with Crippen molar-refractivity contribution in [1.29, 1.82) is 0 Å². The lowest BCUT2D eigenvalue weighted by atomic mass is 10.0. The Hall–Kier alpha value is -5.55. The molecule has 7 aromatic rings. The maximum Gasteiger partial charge on any atom is 0.173 e. The molecule has 5 heteroatoms. The third kappa shape index (κ3) is 3.20. The van der Waals surface area contributed by atoms with Crippen LogP contribution in [0.2, 0.25) is 0 Å². The van der Waals surface area contributed by atoms with Gasteiger partial charge >= 0.3 is 0 Å². The number of benzene rings is 4. The maximum absolute atomic E-state index is 16.7. The zero-order chi connectivity index (χ0) is 27.1. The number of aromatic amines is 2. The van der Waals surface area contributed by atoms with Crippen LogP contribution in [0.15, 0.2) is 115 Å². The van der Waals surface area contributed by atoms with Gasteiger partial charge in [0.25, 0.3) is 0 Å². The fourth-order valence-electron chi connectivity index (χ4n) is 6.31. The molecule has 0 aliphatic carbocycles. The molecular weight excluding hydrogens is 507 g/mol. The summed E-state index contributed by atoms with van der Waals surface area (Å²) in [5.41, 5.74) is 9.67. The zero-order valence-electron chi connectivity index (χ0n) is 21.7. The molecule has 0 fully saturated rings. The van der Waals surface area contributed by atoms with Gasteiger partial charge in [-0.3, -0.25) is 0 Å². The Labute approximate surface area is 233 Å².